The van der Waals surface area contributed by atoms with E-state index in [-0.39, 0.29) is 42.6 Å². The molecular formula is C23H24F3N3O4. The summed E-state index contributed by atoms with van der Waals surface area (Å²) in [5, 5.41) is 3.08. The van der Waals surface area contributed by atoms with E-state index in [4.69, 9.17) is 4.74 Å². The molecule has 0 fully saturated rings. The smallest absolute Gasteiger partial charge is 0.316 e. The predicted molar refractivity (Wildman–Crippen MR) is 117 cm³/mol. The topological polar surface area (TPSA) is 82.4 Å². The number of carbonyl (C=O) groups excluding carboxylic acids is 1. The maximum Gasteiger partial charge on any atom is 0.316 e. The van der Waals surface area contributed by atoms with Gasteiger partial charge < -0.3 is 19.4 Å². The van der Waals surface area contributed by atoms with Crippen molar-refractivity contribution in [2.45, 2.75) is 38.9 Å². The molecule has 1 heterocycles. The lowest BCUT2D eigenvalue weighted by Crippen LogP contribution is -2.20. The highest BCUT2D eigenvalue weighted by molar-refractivity contribution is 5.69. The van der Waals surface area contributed by atoms with E-state index in [0.717, 1.165) is 17.2 Å². The van der Waals surface area contributed by atoms with Crippen LogP contribution in [-0.2, 0) is 22.5 Å². The number of benzene rings is 1. The molecule has 3 rings (SSSR count). The van der Waals surface area contributed by atoms with Gasteiger partial charge >= 0.3 is 11.5 Å². The number of nitrogens with zero attached hydrogens (tertiary/aromatic N) is 2. The van der Waals surface area contributed by atoms with E-state index in [2.05, 4.69) is 15.0 Å². The van der Waals surface area contributed by atoms with E-state index in [0.29, 0.717) is 12.1 Å². The lowest BCUT2D eigenvalue weighted by molar-refractivity contribution is -0.140. The molecule has 7 nitrogen and oxygen atoms in total. The number of alkyl halides is 1. The number of rotatable bonds is 8. The van der Waals surface area contributed by atoms with Crippen molar-refractivity contribution in [3.63, 3.8) is 0 Å². The SMILES string of the molecule is COC(=O)CCc1ccc(C)c(Nc2nc(=O)c(OC)cn2CC2=CC(F)=C(F)C(F)C2)c1. The van der Waals surface area contributed by atoms with Crippen molar-refractivity contribution >= 4 is 17.6 Å². The van der Waals surface area contributed by atoms with Gasteiger partial charge in [0.1, 0.15) is 0 Å². The highest BCUT2D eigenvalue weighted by atomic mass is 19.2. The van der Waals surface area contributed by atoms with Crippen molar-refractivity contribution in [3.05, 3.63) is 69.2 Å². The summed E-state index contributed by atoms with van der Waals surface area (Å²) in [5.41, 5.74) is 1.97. The Morgan fingerprint density at radius 2 is 2.06 bits per heavy atom. The molecule has 1 aromatic carbocycles. The zero-order valence-corrected chi connectivity index (χ0v) is 18.5. The number of hydrogen-bond acceptors (Lipinski definition) is 6. The fourth-order valence-electron chi connectivity index (χ4n) is 3.37. The van der Waals surface area contributed by atoms with Crippen LogP contribution in [0, 0.1) is 6.92 Å². The molecule has 0 radical (unpaired) electrons. The summed E-state index contributed by atoms with van der Waals surface area (Å²) in [7, 11) is 2.63. The van der Waals surface area contributed by atoms with Gasteiger partial charge in [-0.25, -0.2) is 13.2 Å². The minimum atomic E-state index is -2.07. The number of methoxy groups -OCH3 is 2. The van der Waals surface area contributed by atoms with Crippen molar-refractivity contribution in [3.8, 4) is 5.75 Å². The number of halogens is 3. The average Bonchev–Trinajstić information content (AvgIpc) is 2.79. The summed E-state index contributed by atoms with van der Waals surface area (Å²) in [6.07, 6.45) is 0.581. The summed E-state index contributed by atoms with van der Waals surface area (Å²) in [4.78, 5) is 27.7. The van der Waals surface area contributed by atoms with Crippen LogP contribution in [0.25, 0.3) is 0 Å². The highest BCUT2D eigenvalue weighted by Gasteiger charge is 2.25. The van der Waals surface area contributed by atoms with E-state index in [9.17, 15) is 22.8 Å². The number of anilines is 2. The number of hydrogen-bond donors (Lipinski definition) is 1. The Bertz CT molecular complexity index is 1170. The zero-order chi connectivity index (χ0) is 24.1. The summed E-state index contributed by atoms with van der Waals surface area (Å²) in [6, 6.07) is 5.53. The largest absolute Gasteiger partial charge is 0.490 e. The van der Waals surface area contributed by atoms with E-state index in [1.807, 2.05) is 25.1 Å². The zero-order valence-electron chi connectivity index (χ0n) is 18.5. The van der Waals surface area contributed by atoms with Crippen molar-refractivity contribution in [2.24, 2.45) is 0 Å². The van der Waals surface area contributed by atoms with Gasteiger partial charge in [-0.1, -0.05) is 12.1 Å². The molecule has 1 unspecified atom stereocenters. The number of nitrogens with one attached hydrogen (secondary N) is 1. The molecule has 10 heteroatoms. The summed E-state index contributed by atoms with van der Waals surface area (Å²) < 4.78 is 52.1. The third kappa shape index (κ3) is 5.82. The Morgan fingerprint density at radius 3 is 2.73 bits per heavy atom. The molecule has 0 saturated carbocycles. The molecule has 0 bridgehead atoms. The first kappa shape index (κ1) is 24.1. The third-order valence-electron chi connectivity index (χ3n) is 5.23. The van der Waals surface area contributed by atoms with Crippen molar-refractivity contribution in [1.29, 1.82) is 0 Å². The first-order chi connectivity index (χ1) is 15.7. The molecule has 176 valence electrons. The highest BCUT2D eigenvalue weighted by Crippen LogP contribution is 2.30. The Balaban J connectivity index is 1.93. The van der Waals surface area contributed by atoms with Gasteiger partial charge in [-0.2, -0.15) is 4.98 Å². The van der Waals surface area contributed by atoms with Gasteiger partial charge in [0.05, 0.1) is 20.4 Å². The minimum Gasteiger partial charge on any atom is -0.490 e. The normalized spacial score (nSPS) is 15.8. The van der Waals surface area contributed by atoms with E-state index < -0.39 is 23.4 Å². The van der Waals surface area contributed by atoms with Crippen molar-refractivity contribution in [2.75, 3.05) is 19.5 Å². The van der Waals surface area contributed by atoms with Crippen LogP contribution < -0.4 is 15.6 Å². The van der Waals surface area contributed by atoms with E-state index >= 15 is 0 Å². The standard InChI is InChI=1S/C23H24F3N3O4/c1-13-4-5-14(6-7-20(30)33-3)10-18(13)27-23-28-22(31)19(32-2)12-29(23)11-15-8-16(24)21(26)17(25)9-15/h4-5,8,10,12,17H,6-7,9,11H2,1-3H3,(H,27,28,31). The van der Waals surface area contributed by atoms with E-state index in [1.54, 1.807) is 0 Å². The molecule has 1 N–H and O–H groups in total. The maximum absolute atomic E-state index is 13.8. The molecular weight excluding hydrogens is 439 g/mol. The van der Waals surface area contributed by atoms with Crippen LogP contribution in [0.3, 0.4) is 0 Å². The summed E-state index contributed by atoms with van der Waals surface area (Å²) >= 11 is 0. The molecule has 1 aliphatic rings. The molecule has 0 saturated heterocycles. The van der Waals surface area contributed by atoms with E-state index in [1.165, 1.54) is 25.0 Å². The number of allylic oxidation sites excluding steroid dienone is 4. The average molecular weight is 463 g/mol. The predicted octanol–water partition coefficient (Wildman–Crippen LogP) is 4.23. The van der Waals surface area contributed by atoms with Crippen LogP contribution in [0.5, 0.6) is 5.75 Å². The van der Waals surface area contributed by atoms with Gasteiger partial charge in [-0.05, 0) is 42.2 Å². The first-order valence-corrected chi connectivity index (χ1v) is 10.2. The van der Waals surface area contributed by atoms with Gasteiger partial charge in [0.2, 0.25) is 11.7 Å². The molecule has 1 aliphatic carbocycles. The summed E-state index contributed by atoms with van der Waals surface area (Å²) in [6.45, 7) is 1.80. The van der Waals surface area contributed by atoms with Crippen molar-refractivity contribution in [1.82, 2.24) is 9.55 Å². The van der Waals surface area contributed by atoms with Crippen LogP contribution in [0.4, 0.5) is 24.8 Å². The van der Waals surface area contributed by atoms with Crippen molar-refractivity contribution < 1.29 is 27.4 Å². The molecule has 33 heavy (non-hydrogen) atoms. The lowest BCUT2D eigenvalue weighted by Gasteiger charge is -2.20. The maximum atomic E-state index is 13.8. The molecule has 0 spiro atoms. The molecule has 1 aromatic heterocycles. The second-order valence-corrected chi connectivity index (χ2v) is 7.59. The number of ether oxygens (including phenoxy) is 2. The van der Waals surface area contributed by atoms with Gasteiger partial charge in [0.25, 0.3) is 0 Å². The fraction of sp³-hybridized carbons (Fsp3) is 0.348. The minimum absolute atomic E-state index is 0.0474. The number of carbonyl (C=O) groups is 1. The molecule has 2 aromatic rings. The van der Waals surface area contributed by atoms with Crippen LogP contribution in [0.1, 0.15) is 24.0 Å². The second kappa shape index (κ2) is 10.4. The molecule has 0 aliphatic heterocycles. The monoisotopic (exact) mass is 463 g/mol. The van der Waals surface area contributed by atoms with Gasteiger partial charge in [-0.3, -0.25) is 9.59 Å². The van der Waals surface area contributed by atoms with Gasteiger partial charge in [0, 0.05) is 25.1 Å². The van der Waals surface area contributed by atoms with Gasteiger partial charge in [-0.15, -0.1) is 0 Å². The molecule has 0 amide bonds. The first-order valence-electron chi connectivity index (χ1n) is 10.2. The number of aryl methyl sites for hydroxylation is 2. The van der Waals surface area contributed by atoms with Crippen LogP contribution in [-0.4, -0.2) is 35.9 Å². The third-order valence-corrected chi connectivity index (χ3v) is 5.23. The second-order valence-electron chi connectivity index (χ2n) is 7.59. The van der Waals surface area contributed by atoms with Gasteiger partial charge in [0.15, 0.2) is 17.8 Å². The van der Waals surface area contributed by atoms with Crippen LogP contribution >= 0.6 is 0 Å². The Morgan fingerprint density at radius 1 is 1.30 bits per heavy atom. The number of esters is 1. The Kier molecular flexibility index (Phi) is 7.57. The Labute approximate surface area is 188 Å². The van der Waals surface area contributed by atoms with Crippen LogP contribution in [0.2, 0.25) is 0 Å². The summed E-state index contributed by atoms with van der Waals surface area (Å²) in [5.74, 6) is -2.96. The van der Waals surface area contributed by atoms with Crippen LogP contribution in [0.15, 0.2) is 52.5 Å². The lowest BCUT2D eigenvalue weighted by atomic mass is 10.0. The quantitative estimate of drug-likeness (QED) is 0.590. The fourth-order valence-corrected chi connectivity index (χ4v) is 3.37. The number of aromatic nitrogens is 2. The Hall–Kier alpha value is -3.56. The molecule has 1 atom stereocenters.